The first-order valence-electron chi connectivity index (χ1n) is 5.55. The molecule has 1 nitrogen and oxygen atoms in total. The first kappa shape index (κ1) is 15.4. The van der Waals surface area contributed by atoms with Gasteiger partial charge in [0.1, 0.15) is 5.75 Å². The number of hydrogen-bond acceptors (Lipinski definition) is 1. The van der Waals surface area contributed by atoms with Crippen molar-refractivity contribution in [3.8, 4) is 16.9 Å². The van der Waals surface area contributed by atoms with E-state index in [9.17, 15) is 8.78 Å². The van der Waals surface area contributed by atoms with Crippen molar-refractivity contribution in [2.24, 2.45) is 0 Å². The molecule has 0 saturated heterocycles. The van der Waals surface area contributed by atoms with E-state index in [1.165, 1.54) is 31.4 Å². The van der Waals surface area contributed by atoms with Gasteiger partial charge in [0.25, 0.3) is 6.43 Å². The van der Waals surface area contributed by atoms with Crippen molar-refractivity contribution in [1.82, 2.24) is 0 Å². The third-order valence-corrected chi connectivity index (χ3v) is 3.78. The van der Waals surface area contributed by atoms with Gasteiger partial charge >= 0.3 is 0 Å². The molecule has 0 aliphatic heterocycles. The van der Waals surface area contributed by atoms with Crippen LogP contribution in [-0.4, -0.2) is 7.11 Å². The topological polar surface area (TPSA) is 9.23 Å². The zero-order chi connectivity index (χ0) is 14.9. The van der Waals surface area contributed by atoms with Crippen molar-refractivity contribution in [3.63, 3.8) is 0 Å². The summed E-state index contributed by atoms with van der Waals surface area (Å²) < 4.78 is 30.5. The lowest BCUT2D eigenvalue weighted by Crippen LogP contribution is -1.92. The number of halogens is 5. The second-order valence-corrected chi connectivity index (χ2v) is 5.23. The van der Waals surface area contributed by atoms with E-state index in [-0.39, 0.29) is 16.3 Å². The first-order valence-corrected chi connectivity index (χ1v) is 6.68. The Hall–Kier alpha value is -1.03. The molecule has 2 aromatic rings. The minimum Gasteiger partial charge on any atom is -0.496 e. The molecule has 0 heterocycles. The van der Waals surface area contributed by atoms with E-state index in [4.69, 9.17) is 39.5 Å². The summed E-state index contributed by atoms with van der Waals surface area (Å²) in [4.78, 5) is 0. The van der Waals surface area contributed by atoms with Crippen LogP contribution in [0.2, 0.25) is 15.1 Å². The molecule has 0 aromatic heterocycles. The normalized spacial score (nSPS) is 10.9. The summed E-state index contributed by atoms with van der Waals surface area (Å²) in [6, 6.07) is 7.21. The highest BCUT2D eigenvalue weighted by atomic mass is 35.5. The van der Waals surface area contributed by atoms with Gasteiger partial charge < -0.3 is 4.74 Å². The Morgan fingerprint density at radius 1 is 1.00 bits per heavy atom. The molecule has 0 bridgehead atoms. The Kier molecular flexibility index (Phi) is 4.74. The van der Waals surface area contributed by atoms with E-state index in [0.717, 1.165) is 0 Å². The maximum absolute atomic E-state index is 12.7. The monoisotopic (exact) mass is 336 g/mol. The number of rotatable bonds is 3. The average molecular weight is 338 g/mol. The average Bonchev–Trinajstić information content (AvgIpc) is 2.42. The molecule has 20 heavy (non-hydrogen) atoms. The fourth-order valence-corrected chi connectivity index (χ4v) is 2.52. The van der Waals surface area contributed by atoms with Crippen LogP contribution in [-0.2, 0) is 0 Å². The van der Waals surface area contributed by atoms with Crippen LogP contribution in [0, 0.1) is 0 Å². The molecule has 0 saturated carbocycles. The minimum absolute atomic E-state index is 0.130. The smallest absolute Gasteiger partial charge is 0.263 e. The molecule has 0 spiro atoms. The minimum atomic E-state index is -2.57. The molecular weight excluding hydrogens is 329 g/mol. The summed E-state index contributed by atoms with van der Waals surface area (Å²) in [5.41, 5.74) is 0.947. The number of ether oxygens (including phenoxy) is 1. The second kappa shape index (κ2) is 6.17. The van der Waals surface area contributed by atoms with Crippen molar-refractivity contribution < 1.29 is 13.5 Å². The molecule has 2 rings (SSSR count). The Labute approximate surface area is 130 Å². The molecule has 0 aliphatic carbocycles. The van der Waals surface area contributed by atoms with Gasteiger partial charge in [-0.1, -0.05) is 46.9 Å². The molecule has 0 unspecified atom stereocenters. The van der Waals surface area contributed by atoms with Crippen molar-refractivity contribution in [3.05, 3.63) is 51.0 Å². The quantitative estimate of drug-likeness (QED) is 0.601. The summed E-state index contributed by atoms with van der Waals surface area (Å²) in [5.74, 6) is 0.281. The van der Waals surface area contributed by atoms with Gasteiger partial charge in [0, 0.05) is 21.7 Å². The molecule has 0 aliphatic rings. The number of methoxy groups -OCH3 is 1. The van der Waals surface area contributed by atoms with E-state index in [0.29, 0.717) is 21.2 Å². The largest absolute Gasteiger partial charge is 0.496 e. The summed E-state index contributed by atoms with van der Waals surface area (Å²) in [6.07, 6.45) is -2.57. The number of alkyl halides is 2. The fraction of sp³-hybridized carbons (Fsp3) is 0.143. The van der Waals surface area contributed by atoms with Gasteiger partial charge in [0.2, 0.25) is 0 Å². The highest BCUT2D eigenvalue weighted by Crippen LogP contribution is 2.41. The van der Waals surface area contributed by atoms with Gasteiger partial charge in [-0.2, -0.15) is 0 Å². The van der Waals surface area contributed by atoms with Crippen LogP contribution in [0.15, 0.2) is 30.3 Å². The SMILES string of the molecule is COc1cc(C(F)F)ccc1-c1cc(Cl)cc(Cl)c1Cl. The maximum atomic E-state index is 12.7. The van der Waals surface area contributed by atoms with E-state index >= 15 is 0 Å². The van der Waals surface area contributed by atoms with E-state index in [2.05, 4.69) is 0 Å². The Balaban J connectivity index is 2.64. The predicted octanol–water partition coefficient (Wildman–Crippen LogP) is 6.26. The molecule has 2 aromatic carbocycles. The molecule has 0 fully saturated rings. The molecule has 6 heteroatoms. The lowest BCUT2D eigenvalue weighted by atomic mass is 10.0. The zero-order valence-corrected chi connectivity index (χ0v) is 12.5. The molecule has 0 amide bonds. The van der Waals surface area contributed by atoms with Gasteiger partial charge in [0.05, 0.1) is 17.2 Å². The Morgan fingerprint density at radius 2 is 1.70 bits per heavy atom. The third kappa shape index (κ3) is 3.00. The summed E-state index contributed by atoms with van der Waals surface area (Å²) in [5, 5.41) is 0.975. The fourth-order valence-electron chi connectivity index (χ4n) is 1.82. The molecule has 106 valence electrons. The van der Waals surface area contributed by atoms with Crippen LogP contribution in [0.3, 0.4) is 0 Å². The van der Waals surface area contributed by atoms with Crippen LogP contribution in [0.1, 0.15) is 12.0 Å². The van der Waals surface area contributed by atoms with Crippen molar-refractivity contribution in [2.75, 3.05) is 7.11 Å². The van der Waals surface area contributed by atoms with Crippen LogP contribution in [0.4, 0.5) is 8.78 Å². The second-order valence-electron chi connectivity index (χ2n) is 4.01. The van der Waals surface area contributed by atoms with Crippen LogP contribution < -0.4 is 4.74 Å². The Bertz CT molecular complexity index is 645. The first-order chi connectivity index (χ1) is 9.43. The van der Waals surface area contributed by atoms with Crippen LogP contribution in [0.25, 0.3) is 11.1 Å². The third-order valence-electron chi connectivity index (χ3n) is 2.76. The standard InChI is InChI=1S/C14H9Cl3F2O/c1-20-12-4-7(14(18)19)2-3-9(12)10-5-8(15)6-11(16)13(10)17/h2-6,14H,1H3. The summed E-state index contributed by atoms with van der Waals surface area (Å²) >= 11 is 18.1. The van der Waals surface area contributed by atoms with Crippen molar-refractivity contribution in [1.29, 1.82) is 0 Å². The molecule has 0 radical (unpaired) electrons. The molecular formula is C14H9Cl3F2O. The summed E-state index contributed by atoms with van der Waals surface area (Å²) in [6.45, 7) is 0. The highest BCUT2D eigenvalue weighted by Gasteiger charge is 2.16. The number of benzene rings is 2. The maximum Gasteiger partial charge on any atom is 0.263 e. The van der Waals surface area contributed by atoms with Crippen LogP contribution >= 0.6 is 34.8 Å². The lowest BCUT2D eigenvalue weighted by molar-refractivity contribution is 0.151. The van der Waals surface area contributed by atoms with Gasteiger partial charge in [-0.05, 0) is 18.2 Å². The van der Waals surface area contributed by atoms with Crippen molar-refractivity contribution in [2.45, 2.75) is 6.43 Å². The highest BCUT2D eigenvalue weighted by molar-refractivity contribution is 6.45. The van der Waals surface area contributed by atoms with E-state index < -0.39 is 6.43 Å². The van der Waals surface area contributed by atoms with Gasteiger partial charge in [-0.25, -0.2) is 8.78 Å². The van der Waals surface area contributed by atoms with E-state index in [1.54, 1.807) is 6.07 Å². The van der Waals surface area contributed by atoms with Gasteiger partial charge in [0.15, 0.2) is 0 Å². The molecule has 0 atom stereocenters. The summed E-state index contributed by atoms with van der Waals surface area (Å²) in [7, 11) is 1.40. The lowest BCUT2D eigenvalue weighted by Gasteiger charge is -2.13. The van der Waals surface area contributed by atoms with Crippen molar-refractivity contribution >= 4 is 34.8 Å². The number of hydrogen-bond donors (Lipinski definition) is 0. The Morgan fingerprint density at radius 3 is 2.30 bits per heavy atom. The van der Waals surface area contributed by atoms with Gasteiger partial charge in [-0.15, -0.1) is 0 Å². The van der Waals surface area contributed by atoms with Gasteiger partial charge in [-0.3, -0.25) is 0 Å². The predicted molar refractivity (Wildman–Crippen MR) is 78.4 cm³/mol. The van der Waals surface area contributed by atoms with Crippen LogP contribution in [0.5, 0.6) is 5.75 Å². The molecule has 0 N–H and O–H groups in total. The van der Waals surface area contributed by atoms with E-state index in [1.807, 2.05) is 0 Å². The zero-order valence-electron chi connectivity index (χ0n) is 10.3.